The van der Waals surface area contributed by atoms with Gasteiger partial charge >= 0.3 is 0 Å². The summed E-state index contributed by atoms with van der Waals surface area (Å²) in [4.78, 5) is 23.6. The molecule has 0 radical (unpaired) electrons. The number of carbonyl (C=O) groups excluding carboxylic acids is 2. The quantitative estimate of drug-likeness (QED) is 0.637. The van der Waals surface area contributed by atoms with E-state index in [0.717, 1.165) is 0 Å². The van der Waals surface area contributed by atoms with E-state index in [1.165, 1.54) is 12.3 Å². The highest BCUT2D eigenvalue weighted by molar-refractivity contribution is 6.20. The van der Waals surface area contributed by atoms with E-state index in [4.69, 9.17) is 4.74 Å². The lowest BCUT2D eigenvalue weighted by atomic mass is 9.68. The van der Waals surface area contributed by atoms with Crippen LogP contribution in [0.3, 0.4) is 0 Å². The topological polar surface area (TPSA) is 63.6 Å². The first-order chi connectivity index (χ1) is 6.95. The highest BCUT2D eigenvalue weighted by Crippen LogP contribution is 2.42. The average Bonchev–Trinajstić information content (AvgIpc) is 2.14. The Labute approximate surface area is 87.2 Å². The second-order valence-electron chi connectivity index (χ2n) is 4.18. The fourth-order valence-electron chi connectivity index (χ4n) is 2.10. The molecule has 1 aliphatic carbocycles. The van der Waals surface area contributed by atoms with Crippen molar-refractivity contribution < 1.29 is 19.4 Å². The number of aliphatic hydroxyl groups excluding tert-OH is 1. The number of rotatable bonds is 0. The number of carbonyl (C=O) groups is 2. The van der Waals surface area contributed by atoms with E-state index in [0.29, 0.717) is 11.1 Å². The fourth-order valence-corrected chi connectivity index (χ4v) is 2.10. The van der Waals surface area contributed by atoms with Crippen LogP contribution < -0.4 is 0 Å². The molecule has 15 heavy (non-hydrogen) atoms. The van der Waals surface area contributed by atoms with Crippen LogP contribution in [0, 0.1) is 5.41 Å². The minimum atomic E-state index is -1.01. The number of Topliss-reactive ketones (excluding diaryl/α,β-unsaturated/α-hetero) is 1. The summed E-state index contributed by atoms with van der Waals surface area (Å²) < 4.78 is 4.86. The molecule has 0 aromatic carbocycles. The fraction of sp³-hybridized carbons (Fsp3) is 0.455. The normalized spacial score (nSPS) is 35.3. The molecule has 80 valence electrons. The van der Waals surface area contributed by atoms with Crippen LogP contribution in [0.15, 0.2) is 23.5 Å². The number of hydrogen-bond acceptors (Lipinski definition) is 4. The van der Waals surface area contributed by atoms with Crippen molar-refractivity contribution in [1.29, 1.82) is 0 Å². The minimum absolute atomic E-state index is 0.115. The van der Waals surface area contributed by atoms with Gasteiger partial charge in [-0.05, 0) is 25.5 Å². The molecule has 0 aromatic heterocycles. The summed E-state index contributed by atoms with van der Waals surface area (Å²) in [6.07, 6.45) is 1.64. The summed E-state index contributed by atoms with van der Waals surface area (Å²) in [6, 6.07) is 0. The third kappa shape index (κ3) is 1.33. The van der Waals surface area contributed by atoms with Gasteiger partial charge in [-0.25, -0.2) is 0 Å². The SMILES string of the molecule is CC1=CC(=O)C2=COC(O)C[C@@]2(C)C1=O. The predicted molar refractivity (Wildman–Crippen MR) is 51.7 cm³/mol. The molecule has 2 aliphatic rings. The molecule has 2 atom stereocenters. The largest absolute Gasteiger partial charge is 0.472 e. The molecular formula is C11H12O4. The lowest BCUT2D eigenvalue weighted by molar-refractivity contribution is -0.138. The summed E-state index contributed by atoms with van der Waals surface area (Å²) in [7, 11) is 0. The average molecular weight is 208 g/mol. The summed E-state index contributed by atoms with van der Waals surface area (Å²) in [5.74, 6) is -0.322. The maximum atomic E-state index is 11.9. The summed E-state index contributed by atoms with van der Waals surface area (Å²) in [5.41, 5.74) is -0.148. The molecular weight excluding hydrogens is 196 g/mol. The standard InChI is InChI=1S/C11H12O4/c1-6-3-8(12)7-5-15-9(13)4-11(7,2)10(6)14/h3,5,9,13H,4H2,1-2H3/t9?,11-/m1/s1. The highest BCUT2D eigenvalue weighted by Gasteiger charge is 2.47. The first-order valence-corrected chi connectivity index (χ1v) is 4.77. The predicted octanol–water partition coefficient (Wildman–Crippen LogP) is 0.713. The molecule has 0 saturated carbocycles. The molecule has 1 aliphatic heterocycles. The zero-order valence-corrected chi connectivity index (χ0v) is 8.61. The van der Waals surface area contributed by atoms with E-state index in [-0.39, 0.29) is 18.0 Å². The van der Waals surface area contributed by atoms with E-state index >= 15 is 0 Å². The van der Waals surface area contributed by atoms with Crippen molar-refractivity contribution in [3.8, 4) is 0 Å². The number of ketones is 2. The van der Waals surface area contributed by atoms with Crippen molar-refractivity contribution in [2.75, 3.05) is 0 Å². The molecule has 0 bridgehead atoms. The van der Waals surface area contributed by atoms with Crippen LogP contribution >= 0.6 is 0 Å². The van der Waals surface area contributed by atoms with Crippen LogP contribution in [0.5, 0.6) is 0 Å². The number of ether oxygens (including phenoxy) is 1. The van der Waals surface area contributed by atoms with E-state index < -0.39 is 11.7 Å². The van der Waals surface area contributed by atoms with E-state index in [1.807, 2.05) is 0 Å². The Kier molecular flexibility index (Phi) is 2.04. The van der Waals surface area contributed by atoms with Crippen LogP contribution in [0.1, 0.15) is 20.3 Å². The van der Waals surface area contributed by atoms with Gasteiger partial charge in [-0.1, -0.05) is 0 Å². The Bertz CT molecular complexity index is 405. The molecule has 1 unspecified atom stereocenters. The monoisotopic (exact) mass is 208 g/mol. The van der Waals surface area contributed by atoms with Crippen LogP contribution in [0.25, 0.3) is 0 Å². The molecule has 4 nitrogen and oxygen atoms in total. The summed E-state index contributed by atoms with van der Waals surface area (Å²) in [5, 5.41) is 9.35. The Morgan fingerprint density at radius 2 is 2.20 bits per heavy atom. The Hall–Kier alpha value is -1.42. The Morgan fingerprint density at radius 1 is 1.53 bits per heavy atom. The molecule has 2 rings (SSSR count). The molecule has 0 saturated heterocycles. The molecule has 0 fully saturated rings. The van der Waals surface area contributed by atoms with Gasteiger partial charge in [-0.15, -0.1) is 0 Å². The van der Waals surface area contributed by atoms with Crippen molar-refractivity contribution in [3.05, 3.63) is 23.5 Å². The Morgan fingerprint density at radius 3 is 2.87 bits per heavy atom. The van der Waals surface area contributed by atoms with Gasteiger partial charge in [0, 0.05) is 12.0 Å². The number of aliphatic hydroxyl groups is 1. The Balaban J connectivity index is 2.55. The molecule has 4 heteroatoms. The highest BCUT2D eigenvalue weighted by atomic mass is 16.6. The van der Waals surface area contributed by atoms with Gasteiger partial charge in [-0.2, -0.15) is 0 Å². The van der Waals surface area contributed by atoms with E-state index in [9.17, 15) is 14.7 Å². The molecule has 1 N–H and O–H groups in total. The van der Waals surface area contributed by atoms with Crippen molar-refractivity contribution >= 4 is 11.6 Å². The van der Waals surface area contributed by atoms with Crippen molar-refractivity contribution in [1.82, 2.24) is 0 Å². The summed E-state index contributed by atoms with van der Waals surface area (Å²) in [6.45, 7) is 3.28. The third-order valence-corrected chi connectivity index (χ3v) is 2.99. The van der Waals surface area contributed by atoms with Gasteiger partial charge in [0.05, 0.1) is 11.7 Å². The van der Waals surface area contributed by atoms with Crippen LogP contribution in [-0.2, 0) is 14.3 Å². The van der Waals surface area contributed by atoms with Crippen molar-refractivity contribution in [2.45, 2.75) is 26.6 Å². The van der Waals surface area contributed by atoms with Crippen LogP contribution in [0.2, 0.25) is 0 Å². The molecule has 0 amide bonds. The zero-order valence-electron chi connectivity index (χ0n) is 8.61. The molecule has 0 spiro atoms. The smallest absolute Gasteiger partial charge is 0.197 e. The van der Waals surface area contributed by atoms with Crippen LogP contribution in [0.4, 0.5) is 0 Å². The van der Waals surface area contributed by atoms with Gasteiger partial charge in [-0.3, -0.25) is 9.59 Å². The minimum Gasteiger partial charge on any atom is -0.472 e. The van der Waals surface area contributed by atoms with Gasteiger partial charge in [0.1, 0.15) is 0 Å². The molecule has 1 heterocycles. The summed E-state index contributed by atoms with van der Waals surface area (Å²) >= 11 is 0. The van der Waals surface area contributed by atoms with Crippen LogP contribution in [-0.4, -0.2) is 23.0 Å². The number of allylic oxidation sites excluding steroid dienone is 3. The second kappa shape index (κ2) is 3.03. The van der Waals surface area contributed by atoms with E-state index in [1.54, 1.807) is 13.8 Å². The maximum Gasteiger partial charge on any atom is 0.197 e. The second-order valence-corrected chi connectivity index (χ2v) is 4.18. The van der Waals surface area contributed by atoms with Gasteiger partial charge in [0.25, 0.3) is 0 Å². The van der Waals surface area contributed by atoms with E-state index in [2.05, 4.69) is 0 Å². The van der Waals surface area contributed by atoms with Crippen molar-refractivity contribution in [2.24, 2.45) is 5.41 Å². The zero-order chi connectivity index (χ0) is 11.2. The number of hydrogen-bond donors (Lipinski definition) is 1. The van der Waals surface area contributed by atoms with Gasteiger partial charge in [0.15, 0.2) is 17.9 Å². The first kappa shape index (κ1) is 10.1. The lowest BCUT2D eigenvalue weighted by Crippen LogP contribution is -2.43. The van der Waals surface area contributed by atoms with Gasteiger partial charge in [0.2, 0.25) is 0 Å². The molecule has 0 aromatic rings. The maximum absolute atomic E-state index is 11.9. The first-order valence-electron chi connectivity index (χ1n) is 4.77. The van der Waals surface area contributed by atoms with Crippen molar-refractivity contribution in [3.63, 3.8) is 0 Å². The van der Waals surface area contributed by atoms with Gasteiger partial charge < -0.3 is 9.84 Å². The third-order valence-electron chi connectivity index (χ3n) is 2.99. The number of fused-ring (bicyclic) bond motifs is 1. The lowest BCUT2D eigenvalue weighted by Gasteiger charge is -2.37.